The number of carbonyl (C=O) groups is 1. The van der Waals surface area contributed by atoms with E-state index in [1.807, 2.05) is 54.6 Å². The van der Waals surface area contributed by atoms with Crippen molar-refractivity contribution in [1.82, 2.24) is 5.43 Å². The molecule has 0 bridgehead atoms. The zero-order chi connectivity index (χ0) is 27.6. The molecule has 0 aromatic heterocycles. The summed E-state index contributed by atoms with van der Waals surface area (Å²) in [5, 5.41) is 4.42. The first-order chi connectivity index (χ1) is 19.0. The van der Waals surface area contributed by atoms with Crippen LogP contribution in [-0.4, -0.2) is 26.3 Å². The molecular weight excluding hydrogens is 584 g/mol. The lowest BCUT2D eigenvalue weighted by atomic mass is 10.2. The van der Waals surface area contributed by atoms with E-state index in [2.05, 4.69) is 26.5 Å². The fourth-order valence-electron chi connectivity index (χ4n) is 3.58. The van der Waals surface area contributed by atoms with Gasteiger partial charge in [-0.25, -0.2) is 5.43 Å². The Morgan fingerprint density at radius 1 is 0.846 bits per heavy atom. The SMILES string of the molecule is COc1cc(C(=O)N/N=C/c2cc(Cl)c(OCc3ccc(Br)cc3)c(OC)c2)ccc1OCc1ccccc1. The molecule has 9 heteroatoms. The maximum absolute atomic E-state index is 12.7. The molecule has 4 aromatic carbocycles. The molecule has 1 amide bonds. The molecule has 4 aromatic rings. The molecule has 0 atom stereocenters. The molecule has 0 saturated heterocycles. The number of ether oxygens (including phenoxy) is 4. The molecule has 1 N–H and O–H groups in total. The van der Waals surface area contributed by atoms with Gasteiger partial charge in [-0.2, -0.15) is 5.10 Å². The van der Waals surface area contributed by atoms with Crippen molar-refractivity contribution in [2.75, 3.05) is 14.2 Å². The number of methoxy groups -OCH3 is 2. The molecule has 0 aliphatic heterocycles. The topological polar surface area (TPSA) is 78.4 Å². The van der Waals surface area contributed by atoms with Crippen LogP contribution in [0.2, 0.25) is 5.02 Å². The predicted octanol–water partition coefficient (Wildman–Crippen LogP) is 7.04. The van der Waals surface area contributed by atoms with E-state index in [9.17, 15) is 4.79 Å². The van der Waals surface area contributed by atoms with Crippen molar-refractivity contribution in [3.05, 3.63) is 117 Å². The summed E-state index contributed by atoms with van der Waals surface area (Å²) in [6, 6.07) is 25.9. The second-order valence-corrected chi connectivity index (χ2v) is 9.61. The number of benzene rings is 4. The highest BCUT2D eigenvalue weighted by Gasteiger charge is 2.13. The van der Waals surface area contributed by atoms with Crippen LogP contribution in [0.1, 0.15) is 27.0 Å². The molecule has 4 rings (SSSR count). The van der Waals surface area contributed by atoms with Crippen molar-refractivity contribution in [3.63, 3.8) is 0 Å². The summed E-state index contributed by atoms with van der Waals surface area (Å²) in [4.78, 5) is 12.7. The van der Waals surface area contributed by atoms with Crippen LogP contribution in [0.15, 0.2) is 94.5 Å². The number of hydrogen-bond acceptors (Lipinski definition) is 6. The Bertz CT molecular complexity index is 1450. The van der Waals surface area contributed by atoms with Crippen molar-refractivity contribution in [2.45, 2.75) is 13.2 Å². The summed E-state index contributed by atoms with van der Waals surface area (Å²) in [6.07, 6.45) is 1.47. The van der Waals surface area contributed by atoms with Gasteiger partial charge >= 0.3 is 0 Å². The van der Waals surface area contributed by atoms with Crippen molar-refractivity contribution < 1.29 is 23.7 Å². The number of hydrazone groups is 1. The average molecular weight is 610 g/mol. The number of nitrogens with one attached hydrogen (secondary N) is 1. The van der Waals surface area contributed by atoms with Gasteiger partial charge in [-0.3, -0.25) is 4.79 Å². The summed E-state index contributed by atoms with van der Waals surface area (Å²) in [6.45, 7) is 0.708. The summed E-state index contributed by atoms with van der Waals surface area (Å²) in [5.74, 6) is 1.43. The fourth-order valence-corrected chi connectivity index (χ4v) is 4.12. The highest BCUT2D eigenvalue weighted by molar-refractivity contribution is 9.10. The van der Waals surface area contributed by atoms with Crippen LogP contribution in [0, 0.1) is 0 Å². The Hall–Kier alpha value is -4.01. The Morgan fingerprint density at radius 2 is 1.54 bits per heavy atom. The van der Waals surface area contributed by atoms with Crippen LogP contribution in [0.25, 0.3) is 0 Å². The lowest BCUT2D eigenvalue weighted by molar-refractivity contribution is 0.0954. The zero-order valence-electron chi connectivity index (χ0n) is 21.3. The molecule has 0 aliphatic rings. The third-order valence-corrected chi connectivity index (χ3v) is 6.40. The molecule has 0 radical (unpaired) electrons. The van der Waals surface area contributed by atoms with Crippen molar-refractivity contribution in [2.24, 2.45) is 5.10 Å². The maximum Gasteiger partial charge on any atom is 0.271 e. The van der Waals surface area contributed by atoms with Gasteiger partial charge in [0.1, 0.15) is 13.2 Å². The molecule has 0 aliphatic carbocycles. The van der Waals surface area contributed by atoms with Gasteiger partial charge in [0, 0.05) is 10.0 Å². The predicted molar refractivity (Wildman–Crippen MR) is 155 cm³/mol. The summed E-state index contributed by atoms with van der Waals surface area (Å²) in [7, 11) is 3.05. The maximum atomic E-state index is 12.7. The summed E-state index contributed by atoms with van der Waals surface area (Å²) in [5.41, 5.74) is 5.51. The third kappa shape index (κ3) is 7.75. The second kappa shape index (κ2) is 13.7. The van der Waals surface area contributed by atoms with E-state index in [-0.39, 0.29) is 0 Å². The largest absolute Gasteiger partial charge is 0.493 e. The smallest absolute Gasteiger partial charge is 0.271 e. The second-order valence-electron chi connectivity index (χ2n) is 8.29. The molecule has 39 heavy (non-hydrogen) atoms. The summed E-state index contributed by atoms with van der Waals surface area (Å²) < 4.78 is 23.6. The molecule has 0 fully saturated rings. The fraction of sp³-hybridized carbons (Fsp3) is 0.133. The monoisotopic (exact) mass is 608 g/mol. The lowest BCUT2D eigenvalue weighted by Gasteiger charge is -2.13. The average Bonchev–Trinajstić information content (AvgIpc) is 2.96. The van der Waals surface area contributed by atoms with Crippen LogP contribution < -0.4 is 24.4 Å². The van der Waals surface area contributed by atoms with Crippen LogP contribution in [0.5, 0.6) is 23.0 Å². The molecule has 0 saturated carbocycles. The Kier molecular flexibility index (Phi) is 9.83. The van der Waals surface area contributed by atoms with Crippen LogP contribution in [0.4, 0.5) is 0 Å². The van der Waals surface area contributed by atoms with Gasteiger partial charge in [-0.05, 0) is 59.2 Å². The van der Waals surface area contributed by atoms with Gasteiger partial charge in [0.05, 0.1) is 25.5 Å². The van der Waals surface area contributed by atoms with E-state index in [1.165, 1.54) is 20.4 Å². The van der Waals surface area contributed by atoms with Gasteiger partial charge in [-0.1, -0.05) is 70.0 Å². The van der Waals surface area contributed by atoms with E-state index in [0.29, 0.717) is 52.4 Å². The van der Waals surface area contributed by atoms with Crippen molar-refractivity contribution in [3.8, 4) is 23.0 Å². The van der Waals surface area contributed by atoms with Crippen molar-refractivity contribution >= 4 is 39.7 Å². The van der Waals surface area contributed by atoms with E-state index >= 15 is 0 Å². The molecule has 0 heterocycles. The first-order valence-corrected chi connectivity index (χ1v) is 13.1. The van der Waals surface area contributed by atoms with Gasteiger partial charge in [0.25, 0.3) is 5.91 Å². The van der Waals surface area contributed by atoms with Gasteiger partial charge < -0.3 is 18.9 Å². The number of halogens is 2. The number of amides is 1. The molecular formula is C30H26BrClN2O5. The van der Waals surface area contributed by atoms with Crippen LogP contribution in [-0.2, 0) is 13.2 Å². The molecule has 200 valence electrons. The quantitative estimate of drug-likeness (QED) is 0.146. The number of nitrogens with zero attached hydrogens (tertiary/aromatic N) is 1. The minimum Gasteiger partial charge on any atom is -0.493 e. The molecule has 7 nitrogen and oxygen atoms in total. The standard InChI is InChI=1S/C30H26BrClN2O5/c1-36-27-16-23(10-13-26(27)38-18-20-6-4-3-5-7-20)30(35)34-33-17-22-14-25(32)29(28(15-22)37-2)39-19-21-8-11-24(31)12-9-21/h3-17H,18-19H2,1-2H3,(H,34,35)/b33-17+. The van der Waals surface area contributed by atoms with E-state index in [0.717, 1.165) is 15.6 Å². The normalized spacial score (nSPS) is 10.8. The van der Waals surface area contributed by atoms with Crippen LogP contribution >= 0.6 is 27.5 Å². The zero-order valence-corrected chi connectivity index (χ0v) is 23.7. The molecule has 0 unspecified atom stereocenters. The van der Waals surface area contributed by atoms with Gasteiger partial charge in [-0.15, -0.1) is 0 Å². The van der Waals surface area contributed by atoms with Crippen molar-refractivity contribution in [1.29, 1.82) is 0 Å². The summed E-state index contributed by atoms with van der Waals surface area (Å²) >= 11 is 9.89. The third-order valence-electron chi connectivity index (χ3n) is 5.59. The number of hydrogen-bond donors (Lipinski definition) is 1. The lowest BCUT2D eigenvalue weighted by Crippen LogP contribution is -2.17. The highest BCUT2D eigenvalue weighted by atomic mass is 79.9. The van der Waals surface area contributed by atoms with Gasteiger partial charge in [0.2, 0.25) is 0 Å². The Morgan fingerprint density at radius 3 is 2.26 bits per heavy atom. The van der Waals surface area contributed by atoms with Gasteiger partial charge in [0.15, 0.2) is 23.0 Å². The van der Waals surface area contributed by atoms with Crippen LogP contribution in [0.3, 0.4) is 0 Å². The van der Waals surface area contributed by atoms with E-state index < -0.39 is 5.91 Å². The molecule has 0 spiro atoms. The number of rotatable bonds is 11. The number of carbonyl (C=O) groups excluding carboxylic acids is 1. The van der Waals surface area contributed by atoms with E-state index in [4.69, 9.17) is 30.5 Å². The highest BCUT2D eigenvalue weighted by Crippen LogP contribution is 2.36. The first-order valence-electron chi connectivity index (χ1n) is 11.9. The Labute approximate surface area is 240 Å². The first kappa shape index (κ1) is 28.0. The Balaban J connectivity index is 1.38. The minimum atomic E-state index is -0.410. The minimum absolute atomic E-state index is 0.326. The van der Waals surface area contributed by atoms with E-state index in [1.54, 1.807) is 30.3 Å².